The van der Waals surface area contributed by atoms with E-state index in [2.05, 4.69) is 10.6 Å². The summed E-state index contributed by atoms with van der Waals surface area (Å²) >= 11 is 0. The summed E-state index contributed by atoms with van der Waals surface area (Å²) in [6.07, 6.45) is 2.27. The van der Waals surface area contributed by atoms with Gasteiger partial charge in [0.05, 0.1) is 17.6 Å². The van der Waals surface area contributed by atoms with Crippen molar-refractivity contribution in [3.63, 3.8) is 0 Å². The molecule has 3 aromatic carbocycles. The second kappa shape index (κ2) is 9.45. The summed E-state index contributed by atoms with van der Waals surface area (Å²) in [6, 6.07) is 24.1. The van der Waals surface area contributed by atoms with Crippen molar-refractivity contribution >= 4 is 22.6 Å². The summed E-state index contributed by atoms with van der Waals surface area (Å²) in [4.78, 5) is 19.4. The lowest BCUT2D eigenvalue weighted by Crippen LogP contribution is -2.24. The van der Waals surface area contributed by atoms with Crippen molar-refractivity contribution in [3.8, 4) is 5.75 Å². The van der Waals surface area contributed by atoms with Crippen molar-refractivity contribution in [2.45, 2.75) is 31.7 Å². The Morgan fingerprint density at radius 2 is 1.70 bits per heavy atom. The van der Waals surface area contributed by atoms with Crippen LogP contribution in [-0.4, -0.2) is 28.6 Å². The number of ether oxygens (including phenoxy) is 1. The van der Waals surface area contributed by atoms with Crippen LogP contribution >= 0.6 is 0 Å². The fourth-order valence-corrected chi connectivity index (χ4v) is 4.47. The number of halogens is 1. The lowest BCUT2D eigenvalue weighted by molar-refractivity contribution is -0.117. The number of benzene rings is 3. The van der Waals surface area contributed by atoms with E-state index in [1.165, 1.54) is 12.1 Å². The number of amides is 1. The zero-order chi connectivity index (χ0) is 22.6. The summed E-state index contributed by atoms with van der Waals surface area (Å²) in [5, 5.41) is 0. The molecule has 5 rings (SSSR count). The van der Waals surface area contributed by atoms with E-state index in [1.807, 2.05) is 48.5 Å². The number of fused-ring (bicyclic) bond motifs is 1. The average molecular weight is 444 g/mol. The molecule has 6 heteroatoms. The molecule has 1 saturated heterocycles. The highest BCUT2D eigenvalue weighted by Crippen LogP contribution is 2.33. The fourth-order valence-electron chi connectivity index (χ4n) is 4.47. The topological polar surface area (TPSA) is 47.4 Å². The zero-order valence-electron chi connectivity index (χ0n) is 18.4. The number of imidazole rings is 1. The largest absolute Gasteiger partial charge is 0.494 e. The molecule has 1 amide bonds. The maximum atomic E-state index is 13.3. The van der Waals surface area contributed by atoms with Crippen LogP contribution in [0.15, 0.2) is 78.9 Å². The molecule has 168 valence electrons. The van der Waals surface area contributed by atoms with Crippen molar-refractivity contribution in [2.24, 2.45) is 0 Å². The van der Waals surface area contributed by atoms with Gasteiger partial charge in [0.25, 0.3) is 0 Å². The standard InChI is InChI=1S/C27H26FN3O2/c28-21-12-14-22(15-13-21)31-19-20(18-26(31)32)27-29-24-10-4-5-11-25(24)30(27)16-6-7-17-33-23-8-2-1-3-9-23/h1-5,8-15,20H,6-7,16-19H2. The van der Waals surface area contributed by atoms with Gasteiger partial charge in [-0.3, -0.25) is 4.79 Å². The van der Waals surface area contributed by atoms with Gasteiger partial charge < -0.3 is 14.2 Å². The van der Waals surface area contributed by atoms with Crippen LogP contribution in [0, 0.1) is 5.82 Å². The molecule has 1 aliphatic heterocycles. The summed E-state index contributed by atoms with van der Waals surface area (Å²) < 4.78 is 21.4. The number of carbonyl (C=O) groups excluding carboxylic acids is 1. The first-order chi connectivity index (χ1) is 16.2. The molecule has 0 N–H and O–H groups in total. The molecule has 0 spiro atoms. The number of rotatable bonds is 8. The first-order valence-corrected chi connectivity index (χ1v) is 11.4. The third kappa shape index (κ3) is 4.60. The minimum absolute atomic E-state index is 0.00415. The molecule has 1 atom stereocenters. The number of aromatic nitrogens is 2. The molecule has 2 heterocycles. The van der Waals surface area contributed by atoms with Gasteiger partial charge in [0.2, 0.25) is 5.91 Å². The van der Waals surface area contributed by atoms with Crippen LogP contribution < -0.4 is 9.64 Å². The number of carbonyl (C=O) groups is 1. The Morgan fingerprint density at radius 1 is 0.939 bits per heavy atom. The highest BCUT2D eigenvalue weighted by molar-refractivity contribution is 5.96. The van der Waals surface area contributed by atoms with Crippen LogP contribution in [0.2, 0.25) is 0 Å². The molecule has 0 bridgehead atoms. The minimum Gasteiger partial charge on any atom is -0.494 e. The highest BCUT2D eigenvalue weighted by atomic mass is 19.1. The maximum absolute atomic E-state index is 13.3. The molecule has 1 unspecified atom stereocenters. The molecule has 0 aliphatic carbocycles. The third-order valence-corrected chi connectivity index (χ3v) is 6.10. The van der Waals surface area contributed by atoms with E-state index >= 15 is 0 Å². The predicted molar refractivity (Wildman–Crippen MR) is 127 cm³/mol. The lowest BCUT2D eigenvalue weighted by Gasteiger charge is -2.17. The van der Waals surface area contributed by atoms with E-state index in [0.717, 1.165) is 47.7 Å². The van der Waals surface area contributed by atoms with Gasteiger partial charge in [0, 0.05) is 31.1 Å². The van der Waals surface area contributed by atoms with Crippen molar-refractivity contribution in [3.05, 3.63) is 90.5 Å². The molecular formula is C27H26FN3O2. The van der Waals surface area contributed by atoms with Crippen LogP contribution in [-0.2, 0) is 11.3 Å². The monoisotopic (exact) mass is 443 g/mol. The Morgan fingerprint density at radius 3 is 2.52 bits per heavy atom. The van der Waals surface area contributed by atoms with Gasteiger partial charge in [-0.2, -0.15) is 0 Å². The van der Waals surface area contributed by atoms with Gasteiger partial charge >= 0.3 is 0 Å². The van der Waals surface area contributed by atoms with E-state index in [0.29, 0.717) is 19.6 Å². The molecule has 5 nitrogen and oxygen atoms in total. The van der Waals surface area contributed by atoms with Gasteiger partial charge in [-0.05, 0) is 61.4 Å². The number of para-hydroxylation sites is 3. The zero-order valence-corrected chi connectivity index (χ0v) is 18.4. The van der Waals surface area contributed by atoms with Gasteiger partial charge in [0.15, 0.2) is 0 Å². The normalized spacial score (nSPS) is 16.0. The molecule has 1 fully saturated rings. The summed E-state index contributed by atoms with van der Waals surface area (Å²) in [6.45, 7) is 2.02. The highest BCUT2D eigenvalue weighted by Gasteiger charge is 2.34. The molecule has 33 heavy (non-hydrogen) atoms. The maximum Gasteiger partial charge on any atom is 0.227 e. The number of hydrogen-bond donors (Lipinski definition) is 0. The van der Waals surface area contributed by atoms with E-state index in [1.54, 1.807) is 17.0 Å². The van der Waals surface area contributed by atoms with Crippen molar-refractivity contribution in [2.75, 3.05) is 18.1 Å². The Hall–Kier alpha value is -3.67. The number of nitrogens with zero attached hydrogens (tertiary/aromatic N) is 3. The van der Waals surface area contributed by atoms with Crippen LogP contribution in [0.25, 0.3) is 11.0 Å². The average Bonchev–Trinajstić information content (AvgIpc) is 3.41. The number of hydrogen-bond acceptors (Lipinski definition) is 3. The first kappa shape index (κ1) is 21.2. The van der Waals surface area contributed by atoms with E-state index in [4.69, 9.17) is 9.72 Å². The van der Waals surface area contributed by atoms with E-state index in [9.17, 15) is 9.18 Å². The van der Waals surface area contributed by atoms with Gasteiger partial charge in [0.1, 0.15) is 17.4 Å². The second-order valence-corrected chi connectivity index (χ2v) is 8.36. The minimum atomic E-state index is -0.306. The summed E-state index contributed by atoms with van der Waals surface area (Å²) in [5.74, 6) is 1.56. The van der Waals surface area contributed by atoms with Crippen LogP contribution in [0.5, 0.6) is 5.75 Å². The van der Waals surface area contributed by atoms with Gasteiger partial charge in [-0.1, -0.05) is 30.3 Å². The molecule has 0 saturated carbocycles. The van der Waals surface area contributed by atoms with Crippen molar-refractivity contribution < 1.29 is 13.9 Å². The molecule has 4 aromatic rings. The first-order valence-electron chi connectivity index (χ1n) is 11.4. The SMILES string of the molecule is O=C1CC(c2nc3ccccc3n2CCCCOc2ccccc2)CN1c1ccc(F)cc1. The van der Waals surface area contributed by atoms with E-state index < -0.39 is 0 Å². The Bertz CT molecular complexity index is 1240. The third-order valence-electron chi connectivity index (χ3n) is 6.10. The predicted octanol–water partition coefficient (Wildman–Crippen LogP) is 5.56. The molecule has 0 radical (unpaired) electrons. The second-order valence-electron chi connectivity index (χ2n) is 8.36. The summed E-state index contributed by atoms with van der Waals surface area (Å²) in [5.41, 5.74) is 2.76. The van der Waals surface area contributed by atoms with Crippen LogP contribution in [0.3, 0.4) is 0 Å². The summed E-state index contributed by atoms with van der Waals surface area (Å²) in [7, 11) is 0. The van der Waals surface area contributed by atoms with Crippen LogP contribution in [0.4, 0.5) is 10.1 Å². The Balaban J connectivity index is 1.30. The van der Waals surface area contributed by atoms with Gasteiger partial charge in [-0.25, -0.2) is 9.37 Å². The van der Waals surface area contributed by atoms with Crippen molar-refractivity contribution in [1.82, 2.24) is 9.55 Å². The number of unbranched alkanes of at least 4 members (excludes halogenated alkanes) is 1. The van der Waals surface area contributed by atoms with Crippen LogP contribution in [0.1, 0.15) is 31.0 Å². The fraction of sp³-hybridized carbons (Fsp3) is 0.259. The van der Waals surface area contributed by atoms with E-state index in [-0.39, 0.29) is 17.6 Å². The van der Waals surface area contributed by atoms with Crippen molar-refractivity contribution in [1.29, 1.82) is 0 Å². The smallest absolute Gasteiger partial charge is 0.227 e. The van der Waals surface area contributed by atoms with Gasteiger partial charge in [-0.15, -0.1) is 0 Å². The quantitative estimate of drug-likeness (QED) is 0.335. The molecular weight excluding hydrogens is 417 g/mol. The Labute approximate surface area is 192 Å². The number of anilines is 1. The number of aryl methyl sites for hydroxylation is 1. The lowest BCUT2D eigenvalue weighted by atomic mass is 10.1. The molecule has 1 aliphatic rings. The Kier molecular flexibility index (Phi) is 6.07. The molecule has 1 aromatic heterocycles.